The number of hydrogen-bond donors (Lipinski definition) is 1. The molecule has 1 aromatic heterocycles. The Bertz CT molecular complexity index is 756. The standard InChI is InChI=1S/C19H23F2N3O2/c20-19(21)8-4-14(5-9-19)23-18-22-12-13-2-1-3-16(17(13)24-18)26-15-6-10-25-11-7-15/h1-3,12,14-15H,4-11H2,(H,22,23,24). The molecule has 1 N–H and O–H groups in total. The first-order valence-electron chi connectivity index (χ1n) is 9.24. The SMILES string of the molecule is FC1(F)CCC(Nc2ncc3cccc(OC4CCOCC4)c3n2)CC1. The van der Waals surface area contributed by atoms with Gasteiger partial charge in [0.25, 0.3) is 0 Å². The molecule has 0 amide bonds. The molecule has 1 aliphatic heterocycles. The van der Waals surface area contributed by atoms with Crippen LogP contribution in [0.5, 0.6) is 5.75 Å². The molecule has 2 aromatic rings. The molecule has 7 heteroatoms. The molecule has 2 heterocycles. The molecule has 4 rings (SSSR count). The van der Waals surface area contributed by atoms with Gasteiger partial charge >= 0.3 is 0 Å². The Morgan fingerprint density at radius 3 is 2.65 bits per heavy atom. The molecule has 140 valence electrons. The lowest BCUT2D eigenvalue weighted by Gasteiger charge is -2.28. The van der Waals surface area contributed by atoms with E-state index in [4.69, 9.17) is 9.47 Å². The highest BCUT2D eigenvalue weighted by Crippen LogP contribution is 2.34. The highest BCUT2D eigenvalue weighted by molar-refractivity contribution is 5.84. The fourth-order valence-electron chi connectivity index (χ4n) is 3.53. The minimum atomic E-state index is -2.53. The maximum Gasteiger partial charge on any atom is 0.248 e. The van der Waals surface area contributed by atoms with E-state index in [1.165, 1.54) is 0 Å². The lowest BCUT2D eigenvalue weighted by molar-refractivity contribution is -0.0361. The molecule has 0 unspecified atom stereocenters. The van der Waals surface area contributed by atoms with Gasteiger partial charge in [0.15, 0.2) is 0 Å². The summed E-state index contributed by atoms with van der Waals surface area (Å²) >= 11 is 0. The molecule has 0 spiro atoms. The number of rotatable bonds is 4. The van der Waals surface area contributed by atoms with Gasteiger partial charge in [-0.1, -0.05) is 12.1 Å². The van der Waals surface area contributed by atoms with E-state index in [9.17, 15) is 8.78 Å². The minimum Gasteiger partial charge on any atom is -0.488 e. The van der Waals surface area contributed by atoms with Crippen molar-refractivity contribution in [1.82, 2.24) is 9.97 Å². The lowest BCUT2D eigenvalue weighted by Crippen LogP contribution is -2.32. The first kappa shape index (κ1) is 17.4. The minimum absolute atomic E-state index is 0.0179. The summed E-state index contributed by atoms with van der Waals surface area (Å²) in [5, 5.41) is 4.11. The third kappa shape index (κ3) is 4.03. The van der Waals surface area contributed by atoms with Crippen LogP contribution in [0.2, 0.25) is 0 Å². The van der Waals surface area contributed by atoms with Crippen LogP contribution in [0.25, 0.3) is 10.9 Å². The van der Waals surface area contributed by atoms with Gasteiger partial charge in [0, 0.05) is 43.3 Å². The van der Waals surface area contributed by atoms with Crippen LogP contribution in [0.3, 0.4) is 0 Å². The van der Waals surface area contributed by atoms with Crippen molar-refractivity contribution in [2.45, 2.75) is 56.6 Å². The zero-order valence-electron chi connectivity index (χ0n) is 14.6. The van der Waals surface area contributed by atoms with Crippen LogP contribution in [0.1, 0.15) is 38.5 Å². The summed E-state index contributed by atoms with van der Waals surface area (Å²) in [5.74, 6) is -1.33. The van der Waals surface area contributed by atoms with Crippen LogP contribution < -0.4 is 10.1 Å². The number of benzene rings is 1. The number of para-hydroxylation sites is 1. The maximum atomic E-state index is 13.3. The number of halogens is 2. The summed E-state index contributed by atoms with van der Waals surface area (Å²) in [6.07, 6.45) is 4.28. The summed E-state index contributed by atoms with van der Waals surface area (Å²) in [4.78, 5) is 8.95. The van der Waals surface area contributed by atoms with E-state index < -0.39 is 5.92 Å². The van der Waals surface area contributed by atoms with Gasteiger partial charge in [0.1, 0.15) is 17.4 Å². The van der Waals surface area contributed by atoms with Gasteiger partial charge < -0.3 is 14.8 Å². The second-order valence-electron chi connectivity index (χ2n) is 7.09. The van der Waals surface area contributed by atoms with Crippen LogP contribution in [-0.4, -0.2) is 41.3 Å². The second kappa shape index (κ2) is 7.31. The number of aromatic nitrogens is 2. The highest BCUT2D eigenvalue weighted by atomic mass is 19.3. The Balaban J connectivity index is 1.51. The molecule has 1 aromatic carbocycles. The Labute approximate surface area is 151 Å². The van der Waals surface area contributed by atoms with Crippen LogP contribution in [0.4, 0.5) is 14.7 Å². The van der Waals surface area contributed by atoms with E-state index in [0.717, 1.165) is 29.5 Å². The Hall–Kier alpha value is -2.02. The van der Waals surface area contributed by atoms with Gasteiger partial charge in [-0.15, -0.1) is 0 Å². The maximum absolute atomic E-state index is 13.3. The zero-order chi connectivity index (χ0) is 18.0. The molecule has 5 nitrogen and oxygen atoms in total. The lowest BCUT2D eigenvalue weighted by atomic mass is 9.92. The van der Waals surface area contributed by atoms with Crippen molar-refractivity contribution in [2.75, 3.05) is 18.5 Å². The monoisotopic (exact) mass is 363 g/mol. The average Bonchev–Trinajstić information content (AvgIpc) is 2.65. The third-order valence-electron chi connectivity index (χ3n) is 5.09. The first-order valence-corrected chi connectivity index (χ1v) is 9.24. The topological polar surface area (TPSA) is 56.3 Å². The van der Waals surface area contributed by atoms with Gasteiger partial charge in [0.05, 0.1) is 13.2 Å². The van der Waals surface area contributed by atoms with E-state index in [2.05, 4.69) is 15.3 Å². The van der Waals surface area contributed by atoms with Crippen LogP contribution in [0, 0.1) is 0 Å². The molecular formula is C19H23F2N3O2. The van der Waals surface area contributed by atoms with E-state index >= 15 is 0 Å². The largest absolute Gasteiger partial charge is 0.488 e. The quantitative estimate of drug-likeness (QED) is 0.883. The summed E-state index contributed by atoms with van der Waals surface area (Å²) in [5.41, 5.74) is 0.748. The first-order chi connectivity index (χ1) is 12.6. The van der Waals surface area contributed by atoms with E-state index in [0.29, 0.717) is 32.0 Å². The fraction of sp³-hybridized carbons (Fsp3) is 0.579. The molecule has 2 fully saturated rings. The summed E-state index contributed by atoms with van der Waals surface area (Å²) in [6.45, 7) is 1.42. The number of hydrogen-bond acceptors (Lipinski definition) is 5. The number of anilines is 1. The molecule has 0 radical (unpaired) electrons. The van der Waals surface area contributed by atoms with Gasteiger partial charge in [0.2, 0.25) is 11.9 Å². The summed E-state index contributed by atoms with van der Waals surface area (Å²) < 4.78 is 38.1. The molecule has 26 heavy (non-hydrogen) atoms. The van der Waals surface area contributed by atoms with E-state index in [1.807, 2.05) is 18.2 Å². The Morgan fingerprint density at radius 1 is 1.12 bits per heavy atom. The zero-order valence-corrected chi connectivity index (χ0v) is 14.6. The normalized spacial score (nSPS) is 21.6. The number of nitrogens with zero attached hydrogens (tertiary/aromatic N) is 2. The predicted molar refractivity (Wildman–Crippen MR) is 94.8 cm³/mol. The molecule has 1 saturated carbocycles. The summed E-state index contributed by atoms with van der Waals surface area (Å²) in [6, 6.07) is 5.76. The van der Waals surface area contributed by atoms with Crippen molar-refractivity contribution in [3.05, 3.63) is 24.4 Å². The van der Waals surface area contributed by atoms with Crippen molar-refractivity contribution in [3.63, 3.8) is 0 Å². The van der Waals surface area contributed by atoms with E-state index in [-0.39, 0.29) is 25.0 Å². The van der Waals surface area contributed by atoms with Crippen molar-refractivity contribution in [3.8, 4) is 5.75 Å². The van der Waals surface area contributed by atoms with E-state index in [1.54, 1.807) is 6.20 Å². The molecular weight excluding hydrogens is 340 g/mol. The highest BCUT2D eigenvalue weighted by Gasteiger charge is 2.35. The number of ether oxygens (including phenoxy) is 2. The second-order valence-corrected chi connectivity index (χ2v) is 7.09. The van der Waals surface area contributed by atoms with Crippen molar-refractivity contribution >= 4 is 16.9 Å². The molecule has 0 bridgehead atoms. The smallest absolute Gasteiger partial charge is 0.248 e. The van der Waals surface area contributed by atoms with Crippen LogP contribution in [0.15, 0.2) is 24.4 Å². The molecule has 0 atom stereocenters. The van der Waals surface area contributed by atoms with Gasteiger partial charge in [-0.3, -0.25) is 0 Å². The summed E-state index contributed by atoms with van der Waals surface area (Å²) in [7, 11) is 0. The molecule has 1 aliphatic carbocycles. The number of alkyl halides is 2. The van der Waals surface area contributed by atoms with Crippen molar-refractivity contribution in [1.29, 1.82) is 0 Å². The number of fused-ring (bicyclic) bond motifs is 1. The molecule has 1 saturated heterocycles. The number of nitrogens with one attached hydrogen (secondary N) is 1. The van der Waals surface area contributed by atoms with Crippen LogP contribution in [-0.2, 0) is 4.74 Å². The Morgan fingerprint density at radius 2 is 1.88 bits per heavy atom. The Kier molecular flexibility index (Phi) is 4.89. The molecule has 2 aliphatic rings. The fourth-order valence-corrected chi connectivity index (χ4v) is 3.53. The van der Waals surface area contributed by atoms with Gasteiger partial charge in [-0.25, -0.2) is 18.7 Å². The van der Waals surface area contributed by atoms with Crippen molar-refractivity contribution < 1.29 is 18.3 Å². The average molecular weight is 363 g/mol. The van der Waals surface area contributed by atoms with Gasteiger partial charge in [-0.05, 0) is 18.9 Å². The van der Waals surface area contributed by atoms with Gasteiger partial charge in [-0.2, -0.15) is 0 Å². The predicted octanol–water partition coefficient (Wildman–Crippen LogP) is 4.18. The van der Waals surface area contributed by atoms with Crippen LogP contribution >= 0.6 is 0 Å². The van der Waals surface area contributed by atoms with Crippen molar-refractivity contribution in [2.24, 2.45) is 0 Å². The third-order valence-corrected chi connectivity index (χ3v) is 5.09.